The molecule has 0 amide bonds. The van der Waals surface area contributed by atoms with Gasteiger partial charge in [-0.1, -0.05) is 18.2 Å². The third-order valence-electron chi connectivity index (χ3n) is 4.30. The van der Waals surface area contributed by atoms with Crippen LogP contribution in [0.5, 0.6) is 0 Å². The van der Waals surface area contributed by atoms with Crippen molar-refractivity contribution in [3.63, 3.8) is 0 Å². The Hall–Kier alpha value is -2.41. The largest absolute Gasteiger partial charge is 0.488 e. The summed E-state index contributed by atoms with van der Waals surface area (Å²) in [6.45, 7) is 4.01. The summed E-state index contributed by atoms with van der Waals surface area (Å²) in [5.41, 5.74) is 1.05. The van der Waals surface area contributed by atoms with Crippen molar-refractivity contribution in [1.29, 1.82) is 5.26 Å². The van der Waals surface area contributed by atoms with Gasteiger partial charge in [0.05, 0.1) is 6.07 Å². The van der Waals surface area contributed by atoms with E-state index in [0.717, 1.165) is 29.7 Å². The molecule has 1 aliphatic heterocycles. The van der Waals surface area contributed by atoms with E-state index in [0.29, 0.717) is 12.1 Å². The molecule has 1 aliphatic carbocycles. The summed E-state index contributed by atoms with van der Waals surface area (Å²) >= 11 is 0. The van der Waals surface area contributed by atoms with Crippen LogP contribution in [0, 0.1) is 16.2 Å². The number of nitroso groups, excluding NO2 is 1. The van der Waals surface area contributed by atoms with Crippen LogP contribution >= 0.6 is 0 Å². The van der Waals surface area contributed by atoms with Crippen molar-refractivity contribution in [3.8, 4) is 6.07 Å². The minimum Gasteiger partial charge on any atom is -0.488 e. The van der Waals surface area contributed by atoms with E-state index in [1.165, 1.54) is 0 Å². The highest BCUT2D eigenvalue weighted by Gasteiger charge is 2.49. The first-order chi connectivity index (χ1) is 10.5. The fourth-order valence-electron chi connectivity index (χ4n) is 3.43. The molecule has 1 unspecified atom stereocenters. The van der Waals surface area contributed by atoms with Gasteiger partial charge >= 0.3 is 0 Å². The number of benzene rings is 1. The topological polar surface area (TPSA) is 62.5 Å². The molecular weight excluding hydrogens is 276 g/mol. The van der Waals surface area contributed by atoms with E-state index in [9.17, 15) is 10.2 Å². The van der Waals surface area contributed by atoms with Gasteiger partial charge < -0.3 is 4.74 Å². The molecule has 22 heavy (non-hydrogen) atoms. The molecule has 0 radical (unpaired) electrons. The van der Waals surface area contributed by atoms with Crippen molar-refractivity contribution in [2.24, 2.45) is 5.18 Å². The van der Waals surface area contributed by atoms with E-state index < -0.39 is 11.0 Å². The van der Waals surface area contributed by atoms with Crippen LogP contribution in [-0.2, 0) is 10.2 Å². The van der Waals surface area contributed by atoms with Crippen molar-refractivity contribution in [2.45, 2.75) is 44.1 Å². The molecule has 2 aliphatic rings. The number of hydrogen-bond acceptors (Lipinski definition) is 4. The highest BCUT2D eigenvalue weighted by Crippen LogP contribution is 2.50. The number of nitriles is 1. The number of ether oxygens (including phenoxy) is 1. The average molecular weight is 294 g/mol. The Balaban J connectivity index is 2.16. The highest BCUT2D eigenvalue weighted by molar-refractivity contribution is 5.55. The van der Waals surface area contributed by atoms with Crippen molar-refractivity contribution in [3.05, 3.63) is 58.2 Å². The predicted octanol–water partition coefficient (Wildman–Crippen LogP) is 4.65. The third-order valence-corrected chi connectivity index (χ3v) is 4.30. The van der Waals surface area contributed by atoms with Crippen LogP contribution in [0.15, 0.2) is 52.9 Å². The van der Waals surface area contributed by atoms with Gasteiger partial charge in [-0.05, 0) is 55.6 Å². The second-order valence-electron chi connectivity index (χ2n) is 6.46. The fraction of sp³-hybridized carbons (Fsp3) is 0.389. The van der Waals surface area contributed by atoms with Crippen LogP contribution in [-0.4, -0.2) is 5.60 Å². The Morgan fingerprint density at radius 1 is 1.18 bits per heavy atom. The van der Waals surface area contributed by atoms with E-state index in [1.54, 1.807) is 12.1 Å². The van der Waals surface area contributed by atoms with Crippen LogP contribution in [0.3, 0.4) is 0 Å². The summed E-state index contributed by atoms with van der Waals surface area (Å²) in [6.07, 6.45) is 6.61. The maximum Gasteiger partial charge on any atom is 0.120 e. The maximum atomic E-state index is 10.6. The second kappa shape index (κ2) is 5.10. The minimum absolute atomic E-state index is 0.372. The molecule has 0 N–H and O–H groups in total. The lowest BCUT2D eigenvalue weighted by molar-refractivity contribution is -0.00268. The van der Waals surface area contributed by atoms with Gasteiger partial charge in [-0.25, -0.2) is 0 Å². The SMILES string of the molecule is CC1(C)CC(C#N)(c2ccc(N=O)cc2)C2=CCCC=C2O1. The molecule has 0 spiro atoms. The number of allylic oxidation sites excluding steroid dienone is 3. The zero-order valence-corrected chi connectivity index (χ0v) is 12.8. The molecule has 1 saturated heterocycles. The fourth-order valence-corrected chi connectivity index (χ4v) is 3.43. The molecule has 1 aromatic carbocycles. The molecule has 1 atom stereocenters. The molecule has 1 fully saturated rings. The second-order valence-corrected chi connectivity index (χ2v) is 6.46. The number of fused-ring (bicyclic) bond motifs is 1. The van der Waals surface area contributed by atoms with Crippen LogP contribution in [0.2, 0.25) is 0 Å². The molecule has 0 aromatic heterocycles. The normalized spacial score (nSPS) is 25.9. The average Bonchev–Trinajstić information content (AvgIpc) is 2.53. The summed E-state index contributed by atoms with van der Waals surface area (Å²) in [5, 5.41) is 13.0. The number of nitrogens with zero attached hydrogens (tertiary/aromatic N) is 2. The summed E-state index contributed by atoms with van der Waals surface area (Å²) < 4.78 is 6.07. The Kier molecular flexibility index (Phi) is 3.37. The van der Waals surface area contributed by atoms with Gasteiger partial charge in [0, 0.05) is 12.0 Å². The van der Waals surface area contributed by atoms with Crippen molar-refractivity contribution in [1.82, 2.24) is 0 Å². The maximum absolute atomic E-state index is 10.6. The molecule has 0 bridgehead atoms. The molecule has 0 saturated carbocycles. The lowest BCUT2D eigenvalue weighted by Gasteiger charge is -2.45. The van der Waals surface area contributed by atoms with Gasteiger partial charge in [0.2, 0.25) is 0 Å². The molecule has 3 rings (SSSR count). The molecular formula is C18H18N2O2. The minimum atomic E-state index is -0.741. The van der Waals surface area contributed by atoms with Gasteiger partial charge in [0.25, 0.3) is 0 Å². The molecule has 4 nitrogen and oxygen atoms in total. The van der Waals surface area contributed by atoms with Gasteiger partial charge in [-0.3, -0.25) is 0 Å². The van der Waals surface area contributed by atoms with Crippen LogP contribution in [0.25, 0.3) is 0 Å². The van der Waals surface area contributed by atoms with E-state index in [4.69, 9.17) is 4.74 Å². The van der Waals surface area contributed by atoms with Crippen molar-refractivity contribution >= 4 is 5.69 Å². The van der Waals surface area contributed by atoms with Crippen LogP contribution < -0.4 is 0 Å². The Morgan fingerprint density at radius 2 is 1.86 bits per heavy atom. The smallest absolute Gasteiger partial charge is 0.120 e. The summed E-state index contributed by atoms with van der Waals surface area (Å²) in [5.74, 6) is 0.821. The summed E-state index contributed by atoms with van der Waals surface area (Å²) in [7, 11) is 0. The summed E-state index contributed by atoms with van der Waals surface area (Å²) in [6, 6.07) is 9.51. The van der Waals surface area contributed by atoms with E-state index >= 15 is 0 Å². The molecule has 4 heteroatoms. The quantitative estimate of drug-likeness (QED) is 0.746. The standard InChI is InChI=1S/C18H18N2O2/c1-17(2)11-18(12-19,13-7-9-14(20-21)10-8-13)15-5-3-4-6-16(15)22-17/h5-10H,3-4,11H2,1-2H3. The third kappa shape index (κ3) is 2.23. The Bertz CT molecular complexity index is 708. The first kappa shape index (κ1) is 14.5. The van der Waals surface area contributed by atoms with E-state index in [2.05, 4.69) is 23.4 Å². The van der Waals surface area contributed by atoms with E-state index in [1.807, 2.05) is 26.0 Å². The number of rotatable bonds is 2. The number of hydrogen-bond donors (Lipinski definition) is 0. The Labute approximate surface area is 130 Å². The molecule has 1 heterocycles. The lowest BCUT2D eigenvalue weighted by Crippen LogP contribution is -2.44. The zero-order valence-electron chi connectivity index (χ0n) is 12.8. The van der Waals surface area contributed by atoms with E-state index in [-0.39, 0.29) is 0 Å². The molecule has 112 valence electrons. The van der Waals surface area contributed by atoms with Crippen LogP contribution in [0.4, 0.5) is 5.69 Å². The van der Waals surface area contributed by atoms with Gasteiger partial charge in [0.15, 0.2) is 0 Å². The van der Waals surface area contributed by atoms with Gasteiger partial charge in [-0.15, -0.1) is 4.91 Å². The monoisotopic (exact) mass is 294 g/mol. The van der Waals surface area contributed by atoms with Gasteiger partial charge in [-0.2, -0.15) is 5.26 Å². The first-order valence-electron chi connectivity index (χ1n) is 7.46. The Morgan fingerprint density at radius 3 is 2.50 bits per heavy atom. The lowest BCUT2D eigenvalue weighted by atomic mass is 9.65. The molecule has 1 aromatic rings. The zero-order chi connectivity index (χ0) is 15.8. The summed E-state index contributed by atoms with van der Waals surface area (Å²) in [4.78, 5) is 10.6. The van der Waals surface area contributed by atoms with Crippen molar-refractivity contribution < 1.29 is 4.74 Å². The highest BCUT2D eigenvalue weighted by atomic mass is 16.5. The van der Waals surface area contributed by atoms with Crippen LogP contribution in [0.1, 0.15) is 38.7 Å². The predicted molar refractivity (Wildman–Crippen MR) is 84.4 cm³/mol. The van der Waals surface area contributed by atoms with Crippen molar-refractivity contribution in [2.75, 3.05) is 0 Å². The first-order valence-corrected chi connectivity index (χ1v) is 7.46. The van der Waals surface area contributed by atoms with Gasteiger partial charge in [0.1, 0.15) is 22.5 Å².